The van der Waals surface area contributed by atoms with Gasteiger partial charge in [-0.05, 0) is 96.3 Å². The Morgan fingerprint density at radius 3 is 0.771 bits per heavy atom. The van der Waals surface area contributed by atoms with Gasteiger partial charge in [-0.15, -0.1) is 0 Å². The van der Waals surface area contributed by atoms with E-state index in [0.29, 0.717) is 19.3 Å². The van der Waals surface area contributed by atoms with E-state index in [0.717, 1.165) is 89.9 Å². The zero-order valence-corrected chi connectivity index (χ0v) is 55.2. The summed E-state index contributed by atoms with van der Waals surface area (Å²) in [5.74, 6) is -0.921. The fourth-order valence-electron chi connectivity index (χ4n) is 10.5. The zero-order valence-electron chi connectivity index (χ0n) is 55.2. The molecule has 0 aromatic carbocycles. The number of carbonyl (C=O) groups excluding carboxylic acids is 3. The van der Waals surface area contributed by atoms with Gasteiger partial charge in [-0.25, -0.2) is 0 Å². The minimum Gasteiger partial charge on any atom is -0.462 e. The summed E-state index contributed by atoms with van der Waals surface area (Å²) in [5.41, 5.74) is 0. The second-order valence-electron chi connectivity index (χ2n) is 24.1. The highest BCUT2D eigenvalue weighted by Gasteiger charge is 2.19. The van der Waals surface area contributed by atoms with Crippen molar-refractivity contribution >= 4 is 17.9 Å². The fraction of sp³-hybridized carbons (Fsp3) is 0.779. The van der Waals surface area contributed by atoms with Gasteiger partial charge in [0.1, 0.15) is 13.2 Å². The average molecular weight is 1160 g/mol. The molecule has 0 heterocycles. The van der Waals surface area contributed by atoms with E-state index in [1.807, 2.05) is 0 Å². The predicted octanol–water partition coefficient (Wildman–Crippen LogP) is 25.0. The maximum atomic E-state index is 12.9. The van der Waals surface area contributed by atoms with Crippen LogP contribution in [0.4, 0.5) is 0 Å². The van der Waals surface area contributed by atoms with E-state index in [1.54, 1.807) is 0 Å². The second-order valence-corrected chi connectivity index (χ2v) is 24.1. The number of unbranched alkanes of at least 4 members (excludes halogenated alkanes) is 41. The minimum atomic E-state index is -0.803. The molecule has 0 saturated heterocycles. The molecule has 0 N–H and O–H groups in total. The maximum absolute atomic E-state index is 12.9. The van der Waals surface area contributed by atoms with Crippen LogP contribution >= 0.6 is 0 Å². The van der Waals surface area contributed by atoms with Gasteiger partial charge < -0.3 is 14.2 Å². The van der Waals surface area contributed by atoms with E-state index >= 15 is 0 Å². The molecule has 480 valence electrons. The number of ether oxygens (including phenoxy) is 3. The summed E-state index contributed by atoms with van der Waals surface area (Å²) < 4.78 is 17.0. The van der Waals surface area contributed by atoms with Crippen molar-refractivity contribution in [3.63, 3.8) is 0 Å². The van der Waals surface area contributed by atoms with Crippen molar-refractivity contribution in [2.75, 3.05) is 13.2 Å². The van der Waals surface area contributed by atoms with Gasteiger partial charge in [0.25, 0.3) is 0 Å². The van der Waals surface area contributed by atoms with E-state index in [2.05, 4.69) is 106 Å². The van der Waals surface area contributed by atoms with Crippen LogP contribution in [0.15, 0.2) is 85.1 Å². The first kappa shape index (κ1) is 79.6. The minimum absolute atomic E-state index is 0.0924. The third-order valence-electron chi connectivity index (χ3n) is 15.9. The largest absolute Gasteiger partial charge is 0.462 e. The van der Waals surface area contributed by atoms with Crippen LogP contribution in [0.3, 0.4) is 0 Å². The third-order valence-corrected chi connectivity index (χ3v) is 15.9. The zero-order chi connectivity index (χ0) is 59.9. The van der Waals surface area contributed by atoms with Crippen molar-refractivity contribution in [1.29, 1.82) is 0 Å². The van der Waals surface area contributed by atoms with Crippen LogP contribution in [0.5, 0.6) is 0 Å². The molecule has 1 atom stereocenters. The van der Waals surface area contributed by atoms with Crippen LogP contribution in [0.25, 0.3) is 0 Å². The molecular formula is C77H136O6. The molecule has 0 aromatic heterocycles. The number of hydrogen-bond acceptors (Lipinski definition) is 6. The standard InChI is InChI=1S/C77H136O6/c1-4-7-10-13-16-19-22-25-28-31-34-36-37-38-39-40-42-43-46-49-52-55-58-61-64-67-70-76(79)82-73-74(72-81-75(78)69-66-63-60-57-54-51-48-45-33-30-27-24-21-18-15-12-9-6-3)83-77(80)71-68-65-62-59-56-53-50-47-44-41-35-32-29-26-23-20-17-14-11-8-5-2/h8,11,17,20,26,29-30,33,35,41,47,50,56,59,74H,4-7,9-10,12-16,18-19,21-25,27-28,31-32,34,36-40,42-46,48-49,51-55,57-58,60-73H2,1-3H3/b11-8-,20-17-,29-26-,33-30-,41-35-,50-47-,59-56-. The lowest BCUT2D eigenvalue weighted by atomic mass is 10.0. The molecular weight excluding hydrogens is 1020 g/mol. The van der Waals surface area contributed by atoms with Gasteiger partial charge in [-0.3, -0.25) is 14.4 Å². The van der Waals surface area contributed by atoms with Crippen molar-refractivity contribution in [2.24, 2.45) is 0 Å². The molecule has 0 amide bonds. The van der Waals surface area contributed by atoms with E-state index in [1.165, 1.54) is 231 Å². The molecule has 0 radical (unpaired) electrons. The van der Waals surface area contributed by atoms with Gasteiger partial charge >= 0.3 is 17.9 Å². The number of carbonyl (C=O) groups is 3. The Morgan fingerprint density at radius 1 is 0.253 bits per heavy atom. The van der Waals surface area contributed by atoms with Crippen molar-refractivity contribution in [3.05, 3.63) is 85.1 Å². The third kappa shape index (κ3) is 69.3. The number of allylic oxidation sites excluding steroid dienone is 14. The van der Waals surface area contributed by atoms with E-state index in [4.69, 9.17) is 14.2 Å². The first-order valence-electron chi connectivity index (χ1n) is 36.1. The van der Waals surface area contributed by atoms with E-state index in [-0.39, 0.29) is 37.5 Å². The summed E-state index contributed by atoms with van der Waals surface area (Å²) in [5, 5.41) is 0. The Balaban J connectivity index is 4.37. The molecule has 83 heavy (non-hydrogen) atoms. The highest BCUT2D eigenvalue weighted by Crippen LogP contribution is 2.18. The first-order valence-corrected chi connectivity index (χ1v) is 36.1. The van der Waals surface area contributed by atoms with Gasteiger partial charge in [-0.2, -0.15) is 0 Å². The lowest BCUT2D eigenvalue weighted by Gasteiger charge is -2.18. The van der Waals surface area contributed by atoms with Crippen molar-refractivity contribution in [1.82, 2.24) is 0 Å². The van der Waals surface area contributed by atoms with Gasteiger partial charge in [0.2, 0.25) is 0 Å². The number of rotatable bonds is 66. The SMILES string of the molecule is CC/C=C\C/C=C\C/C=C\C/C=C\C/C=C\C/C=C\CCCCC(=O)OC(COC(=O)CCCCCCCCC/C=C\CCCCCCCCC)COC(=O)CCCCCCCCCCCCCCCCCCCCCCCCCCCC. The summed E-state index contributed by atoms with van der Waals surface area (Å²) in [6, 6.07) is 0. The van der Waals surface area contributed by atoms with Crippen LogP contribution in [-0.4, -0.2) is 37.2 Å². The molecule has 0 aliphatic rings. The Kier molecular flexibility index (Phi) is 68.2. The maximum Gasteiger partial charge on any atom is 0.306 e. The molecule has 0 rings (SSSR count). The number of esters is 3. The highest BCUT2D eigenvalue weighted by molar-refractivity contribution is 5.71. The Labute approximate surface area is 515 Å². The second kappa shape index (κ2) is 71.1. The van der Waals surface area contributed by atoms with Gasteiger partial charge in [0, 0.05) is 19.3 Å². The van der Waals surface area contributed by atoms with Crippen molar-refractivity contribution < 1.29 is 28.6 Å². The van der Waals surface area contributed by atoms with Crippen LogP contribution in [-0.2, 0) is 28.6 Å². The summed E-state index contributed by atoms with van der Waals surface area (Å²) >= 11 is 0. The summed E-state index contributed by atoms with van der Waals surface area (Å²) in [4.78, 5) is 38.5. The summed E-state index contributed by atoms with van der Waals surface area (Å²) in [6.07, 6.45) is 94.8. The molecule has 0 fully saturated rings. The smallest absolute Gasteiger partial charge is 0.306 e. The normalized spacial score (nSPS) is 12.6. The lowest BCUT2D eigenvalue weighted by molar-refractivity contribution is -0.167. The molecule has 0 saturated carbocycles. The summed E-state index contributed by atoms with van der Waals surface area (Å²) in [7, 11) is 0. The highest BCUT2D eigenvalue weighted by atomic mass is 16.6. The van der Waals surface area contributed by atoms with E-state index in [9.17, 15) is 14.4 Å². The monoisotopic (exact) mass is 1160 g/mol. The van der Waals surface area contributed by atoms with Gasteiger partial charge in [0.05, 0.1) is 0 Å². The Bertz CT molecular complexity index is 1570. The van der Waals surface area contributed by atoms with Crippen LogP contribution < -0.4 is 0 Å². The van der Waals surface area contributed by atoms with Gasteiger partial charge in [0.15, 0.2) is 6.10 Å². The summed E-state index contributed by atoms with van der Waals surface area (Å²) in [6.45, 7) is 6.54. The molecule has 0 bridgehead atoms. The molecule has 1 unspecified atom stereocenters. The van der Waals surface area contributed by atoms with Crippen molar-refractivity contribution in [2.45, 2.75) is 374 Å². The number of hydrogen-bond donors (Lipinski definition) is 0. The Hall–Kier alpha value is -3.41. The lowest BCUT2D eigenvalue weighted by Crippen LogP contribution is -2.30. The molecule has 6 heteroatoms. The van der Waals surface area contributed by atoms with Gasteiger partial charge in [-0.1, -0.05) is 337 Å². The average Bonchev–Trinajstić information content (AvgIpc) is 3.50. The molecule has 0 aliphatic heterocycles. The fourth-order valence-corrected chi connectivity index (χ4v) is 10.5. The van der Waals surface area contributed by atoms with Crippen LogP contribution in [0.1, 0.15) is 367 Å². The molecule has 0 aromatic rings. The van der Waals surface area contributed by atoms with Crippen molar-refractivity contribution in [3.8, 4) is 0 Å². The first-order chi connectivity index (χ1) is 41.0. The van der Waals surface area contributed by atoms with E-state index < -0.39 is 6.10 Å². The quantitative estimate of drug-likeness (QED) is 0.0261. The predicted molar refractivity (Wildman–Crippen MR) is 362 cm³/mol. The topological polar surface area (TPSA) is 78.9 Å². The van der Waals surface area contributed by atoms with Crippen LogP contribution in [0.2, 0.25) is 0 Å². The molecule has 6 nitrogen and oxygen atoms in total. The molecule has 0 spiro atoms. The van der Waals surface area contributed by atoms with Crippen LogP contribution in [0, 0.1) is 0 Å². The Morgan fingerprint density at radius 2 is 0.470 bits per heavy atom. The molecule has 0 aliphatic carbocycles.